The van der Waals surface area contributed by atoms with Gasteiger partial charge in [0, 0.05) is 6.20 Å². The first-order valence-corrected chi connectivity index (χ1v) is 5.11. The Morgan fingerprint density at radius 3 is 3.00 bits per heavy atom. The molecule has 2 aliphatic rings. The fourth-order valence-corrected chi connectivity index (χ4v) is 2.29. The predicted octanol–water partition coefficient (Wildman–Crippen LogP) is 0.633. The van der Waals surface area contributed by atoms with Gasteiger partial charge in [-0.05, 0) is 11.6 Å². The van der Waals surface area contributed by atoms with Crippen LogP contribution in [0.3, 0.4) is 0 Å². The lowest BCUT2D eigenvalue weighted by Crippen LogP contribution is -2.62. The van der Waals surface area contributed by atoms with Crippen molar-refractivity contribution in [1.29, 1.82) is 0 Å². The van der Waals surface area contributed by atoms with E-state index in [4.69, 9.17) is 16.3 Å². The average Bonchev–Trinajstić information content (AvgIpc) is 2.13. The molecule has 1 aromatic rings. The molecule has 0 aromatic carbocycles. The molecule has 3 rings (SSSR count). The summed E-state index contributed by atoms with van der Waals surface area (Å²) < 4.78 is 5.16. The third kappa shape index (κ3) is 1.25. The van der Waals surface area contributed by atoms with E-state index in [1.165, 1.54) is 0 Å². The number of amides is 1. The number of fused-ring (bicyclic) bond motifs is 2. The molecule has 1 saturated heterocycles. The van der Waals surface area contributed by atoms with Gasteiger partial charge < -0.3 is 10.1 Å². The zero-order valence-electron chi connectivity index (χ0n) is 7.92. The zero-order valence-corrected chi connectivity index (χ0v) is 8.67. The lowest BCUT2D eigenvalue weighted by atomic mass is 9.85. The number of carbonyl (C=O) groups is 1. The number of carbonyl (C=O) groups excluding carboxylic acids is 1. The van der Waals surface area contributed by atoms with Gasteiger partial charge in [-0.3, -0.25) is 9.78 Å². The van der Waals surface area contributed by atoms with Crippen LogP contribution in [0.2, 0.25) is 5.02 Å². The maximum Gasteiger partial charge on any atom is 0.225 e. The quantitative estimate of drug-likeness (QED) is 0.704. The summed E-state index contributed by atoms with van der Waals surface area (Å²) in [5.74, 6) is 0.00914. The van der Waals surface area contributed by atoms with Gasteiger partial charge >= 0.3 is 0 Å². The van der Waals surface area contributed by atoms with E-state index in [0.717, 1.165) is 11.3 Å². The van der Waals surface area contributed by atoms with Gasteiger partial charge in [0.15, 0.2) is 0 Å². The molecule has 0 bridgehead atoms. The molecule has 0 aliphatic carbocycles. The minimum atomic E-state index is -0.394. The van der Waals surface area contributed by atoms with Gasteiger partial charge in [0.25, 0.3) is 0 Å². The standard InChI is InChI=1S/C10H9ClN2O2/c11-7-1-6-2-8(14)13-10(4-15-5-10)9(6)12-3-7/h1,3H,2,4-5H2,(H,13,14). The number of nitrogens with one attached hydrogen (secondary N) is 1. The van der Waals surface area contributed by atoms with Crippen LogP contribution in [-0.4, -0.2) is 24.1 Å². The van der Waals surface area contributed by atoms with Crippen molar-refractivity contribution in [2.75, 3.05) is 13.2 Å². The molecule has 1 spiro atoms. The van der Waals surface area contributed by atoms with E-state index in [1.54, 1.807) is 6.20 Å². The average molecular weight is 225 g/mol. The molecule has 0 saturated carbocycles. The second-order valence-electron chi connectivity index (χ2n) is 3.96. The third-order valence-corrected chi connectivity index (χ3v) is 3.02. The van der Waals surface area contributed by atoms with E-state index in [9.17, 15) is 4.79 Å². The summed E-state index contributed by atoms with van der Waals surface area (Å²) in [6, 6.07) is 1.81. The van der Waals surface area contributed by atoms with Gasteiger partial charge in [0.05, 0.1) is 30.4 Å². The smallest absolute Gasteiger partial charge is 0.225 e. The van der Waals surface area contributed by atoms with E-state index in [-0.39, 0.29) is 5.91 Å². The number of ether oxygens (including phenoxy) is 1. The minimum absolute atomic E-state index is 0.00914. The normalized spacial score (nSPS) is 21.8. The topological polar surface area (TPSA) is 51.2 Å². The van der Waals surface area contributed by atoms with E-state index < -0.39 is 5.54 Å². The maximum atomic E-state index is 11.5. The van der Waals surface area contributed by atoms with Crippen LogP contribution in [-0.2, 0) is 21.5 Å². The van der Waals surface area contributed by atoms with Gasteiger partial charge in [-0.15, -0.1) is 0 Å². The Bertz CT molecular complexity index is 443. The Hall–Kier alpha value is -1.13. The van der Waals surface area contributed by atoms with Gasteiger partial charge in [-0.1, -0.05) is 11.6 Å². The van der Waals surface area contributed by atoms with Crippen LogP contribution in [0.25, 0.3) is 0 Å². The fourth-order valence-electron chi connectivity index (χ4n) is 2.11. The molecule has 0 radical (unpaired) electrons. The van der Waals surface area contributed by atoms with Crippen molar-refractivity contribution in [3.63, 3.8) is 0 Å². The predicted molar refractivity (Wildman–Crippen MR) is 53.6 cm³/mol. The summed E-state index contributed by atoms with van der Waals surface area (Å²) in [5, 5.41) is 3.50. The fraction of sp³-hybridized carbons (Fsp3) is 0.400. The molecule has 1 aromatic heterocycles. The molecule has 1 fully saturated rings. The molecule has 0 unspecified atom stereocenters. The minimum Gasteiger partial charge on any atom is -0.376 e. The second-order valence-corrected chi connectivity index (χ2v) is 4.40. The summed E-state index contributed by atoms with van der Waals surface area (Å²) in [6.07, 6.45) is 1.96. The monoisotopic (exact) mass is 224 g/mol. The Morgan fingerprint density at radius 1 is 1.53 bits per heavy atom. The molecular formula is C10H9ClN2O2. The molecule has 2 aliphatic heterocycles. The molecule has 3 heterocycles. The van der Waals surface area contributed by atoms with Crippen molar-refractivity contribution in [3.8, 4) is 0 Å². The van der Waals surface area contributed by atoms with Crippen LogP contribution in [0.15, 0.2) is 12.3 Å². The summed E-state index contributed by atoms with van der Waals surface area (Å²) in [7, 11) is 0. The highest BCUT2D eigenvalue weighted by Gasteiger charge is 2.47. The van der Waals surface area contributed by atoms with Gasteiger partial charge in [-0.25, -0.2) is 0 Å². The number of rotatable bonds is 0. The van der Waals surface area contributed by atoms with Crippen molar-refractivity contribution >= 4 is 17.5 Å². The first kappa shape index (κ1) is 9.12. The van der Waals surface area contributed by atoms with E-state index in [0.29, 0.717) is 24.7 Å². The Balaban J connectivity index is 2.14. The summed E-state index contributed by atoms with van der Waals surface area (Å²) in [4.78, 5) is 15.8. The number of halogens is 1. The number of nitrogens with zero attached hydrogens (tertiary/aromatic N) is 1. The second kappa shape index (κ2) is 2.93. The van der Waals surface area contributed by atoms with Gasteiger partial charge in [-0.2, -0.15) is 0 Å². The van der Waals surface area contributed by atoms with Crippen LogP contribution in [0, 0.1) is 0 Å². The SMILES string of the molecule is O=C1Cc2cc(Cl)cnc2C2(COC2)N1. The molecule has 1 amide bonds. The lowest BCUT2D eigenvalue weighted by molar-refractivity contribution is -0.136. The number of hydrogen-bond donors (Lipinski definition) is 1. The van der Waals surface area contributed by atoms with Gasteiger partial charge in [0.1, 0.15) is 5.54 Å². The molecule has 5 heteroatoms. The van der Waals surface area contributed by atoms with Crippen molar-refractivity contribution in [3.05, 3.63) is 28.5 Å². The first-order valence-electron chi connectivity index (χ1n) is 4.73. The molecule has 1 N–H and O–H groups in total. The Labute approximate surface area is 91.6 Å². The van der Waals surface area contributed by atoms with E-state index >= 15 is 0 Å². The highest BCUT2D eigenvalue weighted by molar-refractivity contribution is 6.30. The Morgan fingerprint density at radius 2 is 2.33 bits per heavy atom. The van der Waals surface area contributed by atoms with Crippen LogP contribution in [0.4, 0.5) is 0 Å². The molecule has 15 heavy (non-hydrogen) atoms. The number of pyridine rings is 1. The van der Waals surface area contributed by atoms with Crippen molar-refractivity contribution < 1.29 is 9.53 Å². The van der Waals surface area contributed by atoms with Gasteiger partial charge in [0.2, 0.25) is 5.91 Å². The van der Waals surface area contributed by atoms with Crippen LogP contribution < -0.4 is 5.32 Å². The summed E-state index contributed by atoms with van der Waals surface area (Å²) >= 11 is 5.85. The Kier molecular flexibility index (Phi) is 1.78. The molecule has 0 atom stereocenters. The van der Waals surface area contributed by atoms with Crippen LogP contribution in [0.5, 0.6) is 0 Å². The lowest BCUT2D eigenvalue weighted by Gasteiger charge is -2.44. The number of hydrogen-bond acceptors (Lipinski definition) is 3. The first-order chi connectivity index (χ1) is 7.20. The van der Waals surface area contributed by atoms with E-state index in [1.807, 2.05) is 6.07 Å². The zero-order chi connectivity index (χ0) is 10.5. The van der Waals surface area contributed by atoms with Crippen LogP contribution >= 0.6 is 11.6 Å². The largest absolute Gasteiger partial charge is 0.376 e. The van der Waals surface area contributed by atoms with E-state index in [2.05, 4.69) is 10.3 Å². The highest BCUT2D eigenvalue weighted by Crippen LogP contribution is 2.34. The van der Waals surface area contributed by atoms with Crippen molar-refractivity contribution in [2.24, 2.45) is 0 Å². The van der Waals surface area contributed by atoms with Crippen molar-refractivity contribution in [2.45, 2.75) is 12.0 Å². The highest BCUT2D eigenvalue weighted by atomic mass is 35.5. The van der Waals surface area contributed by atoms with Crippen LogP contribution in [0.1, 0.15) is 11.3 Å². The molecule has 4 nitrogen and oxygen atoms in total. The maximum absolute atomic E-state index is 11.5. The third-order valence-electron chi connectivity index (χ3n) is 2.81. The van der Waals surface area contributed by atoms with Crippen molar-refractivity contribution in [1.82, 2.24) is 10.3 Å². The summed E-state index contributed by atoms with van der Waals surface area (Å²) in [6.45, 7) is 1.00. The summed E-state index contributed by atoms with van der Waals surface area (Å²) in [5.41, 5.74) is 1.42. The number of aromatic nitrogens is 1. The molecule has 78 valence electrons. The molecular weight excluding hydrogens is 216 g/mol.